The van der Waals surface area contributed by atoms with Crippen LogP contribution in [0.5, 0.6) is 0 Å². The van der Waals surface area contributed by atoms with Crippen LogP contribution >= 0.6 is 0 Å². The SMILES string of the molecule is CS(=O)(=O)c1cc(N2c3c(C(=O)O)ccnc3NC2c2ccc(F)cc2)ccc1C(N)=O. The van der Waals surface area contributed by atoms with Crippen molar-refractivity contribution in [2.45, 2.75) is 11.1 Å². The summed E-state index contributed by atoms with van der Waals surface area (Å²) in [5, 5.41) is 12.8. The van der Waals surface area contributed by atoms with E-state index in [-0.39, 0.29) is 33.2 Å². The molecule has 0 radical (unpaired) electrons. The van der Waals surface area contributed by atoms with E-state index in [2.05, 4.69) is 10.3 Å². The van der Waals surface area contributed by atoms with Gasteiger partial charge in [-0.3, -0.25) is 4.79 Å². The molecule has 2 aromatic carbocycles. The van der Waals surface area contributed by atoms with Crippen molar-refractivity contribution in [3.8, 4) is 0 Å². The van der Waals surface area contributed by atoms with E-state index in [1.165, 1.54) is 54.7 Å². The Morgan fingerprint density at radius 3 is 2.41 bits per heavy atom. The van der Waals surface area contributed by atoms with Gasteiger partial charge in [-0.2, -0.15) is 0 Å². The number of carboxylic acids is 1. The van der Waals surface area contributed by atoms with Gasteiger partial charge in [-0.1, -0.05) is 12.1 Å². The minimum absolute atomic E-state index is 0.0769. The summed E-state index contributed by atoms with van der Waals surface area (Å²) in [6.07, 6.45) is 1.54. The van der Waals surface area contributed by atoms with E-state index in [0.29, 0.717) is 5.56 Å². The fourth-order valence-corrected chi connectivity index (χ4v) is 4.53. The van der Waals surface area contributed by atoms with Crippen molar-refractivity contribution in [1.82, 2.24) is 4.98 Å². The lowest BCUT2D eigenvalue weighted by Crippen LogP contribution is -2.25. The van der Waals surface area contributed by atoms with E-state index >= 15 is 0 Å². The van der Waals surface area contributed by atoms with Gasteiger partial charge in [0.2, 0.25) is 5.91 Å². The van der Waals surface area contributed by atoms with Gasteiger partial charge in [-0.25, -0.2) is 22.6 Å². The van der Waals surface area contributed by atoms with Crippen molar-refractivity contribution in [2.75, 3.05) is 16.5 Å². The number of anilines is 3. The lowest BCUT2D eigenvalue weighted by atomic mass is 10.1. The molecular weight excluding hydrogens is 439 g/mol. The molecule has 2 heterocycles. The third kappa shape index (κ3) is 3.62. The first kappa shape index (κ1) is 21.2. The maximum absolute atomic E-state index is 13.5. The summed E-state index contributed by atoms with van der Waals surface area (Å²) in [7, 11) is -3.85. The summed E-state index contributed by atoms with van der Waals surface area (Å²) in [5.74, 6) is -2.34. The highest BCUT2D eigenvalue weighted by Crippen LogP contribution is 2.47. The molecule has 9 nitrogen and oxygen atoms in total. The second-order valence-electron chi connectivity index (χ2n) is 7.15. The van der Waals surface area contributed by atoms with E-state index in [1.54, 1.807) is 4.90 Å². The molecule has 32 heavy (non-hydrogen) atoms. The molecule has 0 aliphatic carbocycles. The van der Waals surface area contributed by atoms with Crippen molar-refractivity contribution in [2.24, 2.45) is 5.73 Å². The molecule has 1 aromatic heterocycles. The fraction of sp³-hybridized carbons (Fsp3) is 0.0952. The number of primary amides is 1. The van der Waals surface area contributed by atoms with Crippen molar-refractivity contribution < 1.29 is 27.5 Å². The Kier molecular flexibility index (Phi) is 5.05. The third-order valence-corrected chi connectivity index (χ3v) is 6.16. The third-order valence-electron chi connectivity index (χ3n) is 5.02. The van der Waals surface area contributed by atoms with Crippen LogP contribution in [-0.4, -0.2) is 36.6 Å². The standard InChI is InChI=1S/C21H17FN4O5S/c1-32(30,31)16-10-13(6-7-14(16)18(23)27)26-17-15(21(28)29)8-9-24-19(17)25-20(26)11-2-4-12(22)5-3-11/h2-10,20H,1H3,(H2,23,27)(H,24,25)(H,28,29). The summed E-state index contributed by atoms with van der Waals surface area (Å²) in [5.41, 5.74) is 6.10. The van der Waals surface area contributed by atoms with Gasteiger partial charge in [0.1, 0.15) is 17.7 Å². The number of fused-ring (bicyclic) bond motifs is 1. The molecule has 0 spiro atoms. The number of rotatable bonds is 5. The fourth-order valence-electron chi connectivity index (χ4n) is 3.63. The van der Waals surface area contributed by atoms with Gasteiger partial charge in [0.15, 0.2) is 15.7 Å². The Balaban J connectivity index is 1.98. The average molecular weight is 456 g/mol. The summed E-state index contributed by atoms with van der Waals surface area (Å²) < 4.78 is 38.2. The predicted octanol–water partition coefficient (Wildman–Crippen LogP) is 2.68. The Morgan fingerprint density at radius 1 is 1.12 bits per heavy atom. The average Bonchev–Trinajstić information content (AvgIpc) is 3.12. The molecule has 4 N–H and O–H groups in total. The summed E-state index contributed by atoms with van der Waals surface area (Å²) in [6, 6.07) is 10.8. The topological polar surface area (TPSA) is 143 Å². The van der Waals surface area contributed by atoms with Crippen LogP contribution in [0.2, 0.25) is 0 Å². The molecule has 1 atom stereocenters. The first-order valence-electron chi connectivity index (χ1n) is 9.25. The van der Waals surface area contributed by atoms with Gasteiger partial charge in [0, 0.05) is 18.1 Å². The number of hydrogen-bond donors (Lipinski definition) is 3. The number of aromatic carboxylic acids is 1. The quantitative estimate of drug-likeness (QED) is 0.532. The number of nitrogens with two attached hydrogens (primary N) is 1. The number of carboxylic acid groups (broad SMARTS) is 1. The van der Waals surface area contributed by atoms with Crippen LogP contribution < -0.4 is 16.0 Å². The van der Waals surface area contributed by atoms with E-state index in [4.69, 9.17) is 5.73 Å². The minimum Gasteiger partial charge on any atom is -0.478 e. The van der Waals surface area contributed by atoms with E-state index in [1.807, 2.05) is 0 Å². The summed E-state index contributed by atoms with van der Waals surface area (Å²) in [6.45, 7) is 0. The largest absolute Gasteiger partial charge is 0.478 e. The monoisotopic (exact) mass is 456 g/mol. The van der Waals surface area contributed by atoms with Crippen LogP contribution in [0.4, 0.5) is 21.6 Å². The predicted molar refractivity (Wildman–Crippen MR) is 114 cm³/mol. The van der Waals surface area contributed by atoms with E-state index in [9.17, 15) is 27.5 Å². The van der Waals surface area contributed by atoms with Crippen LogP contribution in [0.3, 0.4) is 0 Å². The zero-order valence-corrected chi connectivity index (χ0v) is 17.4. The van der Waals surface area contributed by atoms with Crippen molar-refractivity contribution in [3.05, 3.63) is 77.2 Å². The number of nitrogens with zero attached hydrogens (tertiary/aromatic N) is 2. The van der Waals surface area contributed by atoms with Gasteiger partial charge >= 0.3 is 5.97 Å². The molecule has 0 bridgehead atoms. The van der Waals surface area contributed by atoms with Crippen molar-refractivity contribution >= 4 is 38.9 Å². The molecule has 0 saturated heterocycles. The molecular formula is C21H17FN4O5S. The Labute approximate surface area is 182 Å². The number of sulfone groups is 1. The summed E-state index contributed by atoms with van der Waals surface area (Å²) in [4.78, 5) is 29.1. The highest BCUT2D eigenvalue weighted by molar-refractivity contribution is 7.90. The number of hydrogen-bond acceptors (Lipinski definition) is 7. The van der Waals surface area contributed by atoms with Gasteiger partial charge in [-0.15, -0.1) is 0 Å². The number of amides is 1. The molecule has 4 rings (SSSR count). The normalized spacial score (nSPS) is 15.2. The summed E-state index contributed by atoms with van der Waals surface area (Å²) >= 11 is 0. The van der Waals surface area contributed by atoms with Gasteiger partial charge in [-0.05, 0) is 42.0 Å². The molecule has 1 unspecified atom stereocenters. The number of halogens is 1. The van der Waals surface area contributed by atoms with E-state index < -0.39 is 33.7 Å². The number of benzene rings is 2. The lowest BCUT2D eigenvalue weighted by molar-refractivity contribution is 0.0697. The maximum Gasteiger partial charge on any atom is 0.338 e. The molecule has 0 saturated carbocycles. The first-order chi connectivity index (χ1) is 15.1. The van der Waals surface area contributed by atoms with Crippen molar-refractivity contribution in [1.29, 1.82) is 0 Å². The Bertz CT molecular complexity index is 1360. The van der Waals surface area contributed by atoms with Crippen LogP contribution in [-0.2, 0) is 9.84 Å². The van der Waals surface area contributed by atoms with E-state index in [0.717, 1.165) is 6.26 Å². The highest BCUT2D eigenvalue weighted by atomic mass is 32.2. The number of carbonyl (C=O) groups is 2. The lowest BCUT2D eigenvalue weighted by Gasteiger charge is -2.28. The Morgan fingerprint density at radius 2 is 1.81 bits per heavy atom. The van der Waals surface area contributed by atoms with Crippen molar-refractivity contribution in [3.63, 3.8) is 0 Å². The number of pyridine rings is 1. The highest BCUT2D eigenvalue weighted by Gasteiger charge is 2.36. The molecule has 1 aliphatic heterocycles. The van der Waals surface area contributed by atoms with Crippen LogP contribution in [0.1, 0.15) is 32.4 Å². The number of aromatic nitrogens is 1. The molecule has 1 aliphatic rings. The number of nitrogens with one attached hydrogen (secondary N) is 1. The minimum atomic E-state index is -3.85. The second-order valence-corrected chi connectivity index (χ2v) is 9.13. The van der Waals surface area contributed by atoms with Crippen LogP contribution in [0.25, 0.3) is 0 Å². The zero-order chi connectivity index (χ0) is 23.2. The molecule has 1 amide bonds. The molecule has 3 aromatic rings. The van der Waals surface area contributed by atoms with Gasteiger partial charge < -0.3 is 21.1 Å². The smallest absolute Gasteiger partial charge is 0.338 e. The van der Waals surface area contributed by atoms with Gasteiger partial charge in [0.05, 0.1) is 16.0 Å². The maximum atomic E-state index is 13.5. The number of carbonyl (C=O) groups excluding carboxylic acids is 1. The second kappa shape index (κ2) is 7.61. The van der Waals surface area contributed by atoms with Gasteiger partial charge in [0.25, 0.3) is 0 Å². The zero-order valence-electron chi connectivity index (χ0n) is 16.6. The molecule has 11 heteroatoms. The van der Waals surface area contributed by atoms with Crippen LogP contribution in [0, 0.1) is 5.82 Å². The Hall–Kier alpha value is -3.99. The molecule has 164 valence electrons. The molecule has 0 fully saturated rings. The first-order valence-corrected chi connectivity index (χ1v) is 11.1. The van der Waals surface area contributed by atoms with Crippen LogP contribution in [0.15, 0.2) is 59.6 Å².